The summed E-state index contributed by atoms with van der Waals surface area (Å²) in [5.41, 5.74) is 0. The number of phosphoric acid groups is 2. The zero-order chi connectivity index (χ0) is 74.8. The monoisotopic (exact) mass is 1490 g/mol. The number of esters is 4. The van der Waals surface area contributed by atoms with Gasteiger partial charge < -0.3 is 33.8 Å². The highest BCUT2D eigenvalue weighted by Gasteiger charge is 2.30. The van der Waals surface area contributed by atoms with E-state index in [2.05, 4.69) is 34.6 Å². The summed E-state index contributed by atoms with van der Waals surface area (Å²) in [4.78, 5) is 73.1. The Kier molecular flexibility index (Phi) is 74.4. The second kappa shape index (κ2) is 75.9. The van der Waals surface area contributed by atoms with E-state index in [1.165, 1.54) is 270 Å². The fraction of sp³-hybridized carbons (Fsp3) is 0.952. The molecule has 0 aliphatic heterocycles. The molecule has 0 aromatic heterocycles. The minimum absolute atomic E-state index is 0.107. The average molecular weight is 1490 g/mol. The lowest BCUT2D eigenvalue weighted by Crippen LogP contribution is -2.30. The van der Waals surface area contributed by atoms with Crippen LogP contribution in [0, 0.1) is 5.92 Å². The standard InChI is InChI=1S/C83H162O17P2/c1-6-10-13-16-19-22-25-28-30-32-33-35-37-39-42-48-53-58-63-68-82(87)99-78(72-94-81(86)67-62-57-52-47-41-38-36-34-31-29-26-23-20-17-14-11-7-2)74-97-101(89,90)95-70-77(84)71-96-102(91,92)98-75-79(73-93-80(85)66-61-56-51-46-40-27-24-21-18-15-12-8-3)100-83(88)69-64-59-54-49-44-43-45-50-55-60-65-76(5)9-4/h76-79,84H,6-75H2,1-5H3,(H,89,90)(H,91,92)/t76?,77-,78-,79-/m1/s1. The first-order valence-electron chi connectivity index (χ1n) is 43.2. The highest BCUT2D eigenvalue weighted by molar-refractivity contribution is 7.47. The molecule has 0 aromatic carbocycles. The number of rotatable bonds is 83. The van der Waals surface area contributed by atoms with Gasteiger partial charge in [-0.1, -0.05) is 394 Å². The largest absolute Gasteiger partial charge is 0.472 e. The molecule has 0 heterocycles. The fourth-order valence-electron chi connectivity index (χ4n) is 12.9. The highest BCUT2D eigenvalue weighted by Crippen LogP contribution is 2.45. The van der Waals surface area contributed by atoms with Crippen molar-refractivity contribution in [2.45, 2.75) is 464 Å². The van der Waals surface area contributed by atoms with Gasteiger partial charge in [-0.2, -0.15) is 0 Å². The third-order valence-corrected chi connectivity index (χ3v) is 21.8. The molecule has 102 heavy (non-hydrogen) atoms. The molecule has 17 nitrogen and oxygen atoms in total. The van der Waals surface area contributed by atoms with Crippen LogP contribution in [0.1, 0.15) is 446 Å². The Morgan fingerprint density at radius 3 is 0.696 bits per heavy atom. The molecule has 606 valence electrons. The summed E-state index contributed by atoms with van der Waals surface area (Å²) in [6.07, 6.45) is 67.8. The van der Waals surface area contributed by atoms with E-state index in [4.69, 9.17) is 37.0 Å². The van der Waals surface area contributed by atoms with Crippen LogP contribution in [-0.4, -0.2) is 96.7 Å². The molecule has 6 atom stereocenters. The van der Waals surface area contributed by atoms with Gasteiger partial charge in [0.05, 0.1) is 26.4 Å². The summed E-state index contributed by atoms with van der Waals surface area (Å²) in [5, 5.41) is 10.7. The molecule has 3 unspecified atom stereocenters. The first kappa shape index (κ1) is 100. The Bertz CT molecular complexity index is 1950. The van der Waals surface area contributed by atoms with Gasteiger partial charge in [-0.25, -0.2) is 9.13 Å². The Hall–Kier alpha value is -1.94. The van der Waals surface area contributed by atoms with Crippen molar-refractivity contribution in [3.63, 3.8) is 0 Å². The average Bonchev–Trinajstić information content (AvgIpc) is 0.931. The second-order valence-electron chi connectivity index (χ2n) is 30.1. The Morgan fingerprint density at radius 2 is 0.471 bits per heavy atom. The van der Waals surface area contributed by atoms with Gasteiger partial charge in [0.15, 0.2) is 12.2 Å². The highest BCUT2D eigenvalue weighted by atomic mass is 31.2. The zero-order valence-electron chi connectivity index (χ0n) is 66.8. The van der Waals surface area contributed by atoms with E-state index < -0.39 is 97.5 Å². The lowest BCUT2D eigenvalue weighted by atomic mass is 9.99. The molecule has 3 N–H and O–H groups in total. The first-order chi connectivity index (χ1) is 49.6. The maximum absolute atomic E-state index is 13.1. The van der Waals surface area contributed by atoms with Crippen molar-refractivity contribution < 1.29 is 80.2 Å². The van der Waals surface area contributed by atoms with E-state index in [1.807, 2.05) is 0 Å². The number of aliphatic hydroxyl groups excluding tert-OH is 1. The van der Waals surface area contributed by atoms with Gasteiger partial charge in [0, 0.05) is 25.7 Å². The third-order valence-electron chi connectivity index (χ3n) is 19.9. The number of unbranched alkanes of at least 4 members (excludes halogenated alkanes) is 54. The molecule has 19 heteroatoms. The van der Waals surface area contributed by atoms with Crippen molar-refractivity contribution in [2.75, 3.05) is 39.6 Å². The van der Waals surface area contributed by atoms with Gasteiger partial charge in [-0.3, -0.25) is 37.3 Å². The Balaban J connectivity index is 5.26. The molecule has 0 saturated carbocycles. The molecule has 0 rings (SSSR count). The van der Waals surface area contributed by atoms with E-state index in [9.17, 15) is 43.2 Å². The van der Waals surface area contributed by atoms with Crippen LogP contribution in [0.4, 0.5) is 0 Å². The normalized spacial score (nSPS) is 14.1. The summed E-state index contributed by atoms with van der Waals surface area (Å²) in [6, 6.07) is 0. The summed E-state index contributed by atoms with van der Waals surface area (Å²) < 4.78 is 68.8. The van der Waals surface area contributed by atoms with Crippen molar-refractivity contribution in [1.82, 2.24) is 0 Å². The summed E-state index contributed by atoms with van der Waals surface area (Å²) >= 11 is 0. The van der Waals surface area contributed by atoms with Crippen molar-refractivity contribution in [2.24, 2.45) is 5.92 Å². The van der Waals surface area contributed by atoms with Crippen LogP contribution >= 0.6 is 15.6 Å². The van der Waals surface area contributed by atoms with Crippen LogP contribution in [-0.2, 0) is 65.4 Å². The van der Waals surface area contributed by atoms with Crippen molar-refractivity contribution in [3.05, 3.63) is 0 Å². The number of hydrogen-bond donors (Lipinski definition) is 3. The van der Waals surface area contributed by atoms with E-state index in [0.717, 1.165) is 95.8 Å². The molecule has 0 spiro atoms. The topological polar surface area (TPSA) is 237 Å². The number of hydrogen-bond acceptors (Lipinski definition) is 15. The molecule has 0 bridgehead atoms. The molecular weight excluding hydrogens is 1330 g/mol. The van der Waals surface area contributed by atoms with Crippen LogP contribution < -0.4 is 0 Å². The second-order valence-corrected chi connectivity index (χ2v) is 33.0. The van der Waals surface area contributed by atoms with Gasteiger partial charge in [-0.15, -0.1) is 0 Å². The number of carbonyl (C=O) groups excluding carboxylic acids is 4. The van der Waals surface area contributed by atoms with Crippen molar-refractivity contribution >= 4 is 39.5 Å². The fourth-order valence-corrected chi connectivity index (χ4v) is 14.5. The molecular formula is C83H162O17P2. The Labute approximate surface area is 626 Å². The summed E-state index contributed by atoms with van der Waals surface area (Å²) in [7, 11) is -9.92. The molecule has 0 amide bonds. The molecule has 0 saturated heterocycles. The SMILES string of the molecule is CCCCCCCCCCCCCCCCCCCCCC(=O)O[C@H](COC(=O)CCCCCCCCCCCCCCCCCCC)COP(=O)(O)OC[C@@H](O)COP(=O)(O)OC[C@@H](COC(=O)CCCCCCCCCCCCCC)OC(=O)CCCCCCCCCCCCC(C)CC. The smallest absolute Gasteiger partial charge is 0.462 e. The molecule has 0 aromatic rings. The molecule has 0 aliphatic carbocycles. The van der Waals surface area contributed by atoms with Gasteiger partial charge >= 0.3 is 39.5 Å². The van der Waals surface area contributed by atoms with Crippen LogP contribution in [0.2, 0.25) is 0 Å². The van der Waals surface area contributed by atoms with Gasteiger partial charge in [0.2, 0.25) is 0 Å². The van der Waals surface area contributed by atoms with Crippen molar-refractivity contribution in [3.8, 4) is 0 Å². The lowest BCUT2D eigenvalue weighted by Gasteiger charge is -2.21. The molecule has 0 fully saturated rings. The maximum Gasteiger partial charge on any atom is 0.472 e. The van der Waals surface area contributed by atoms with E-state index >= 15 is 0 Å². The van der Waals surface area contributed by atoms with Crippen LogP contribution in [0.3, 0.4) is 0 Å². The maximum atomic E-state index is 13.1. The van der Waals surface area contributed by atoms with Crippen LogP contribution in [0.25, 0.3) is 0 Å². The van der Waals surface area contributed by atoms with E-state index in [0.29, 0.717) is 25.7 Å². The lowest BCUT2D eigenvalue weighted by molar-refractivity contribution is -0.161. The van der Waals surface area contributed by atoms with Crippen molar-refractivity contribution in [1.29, 1.82) is 0 Å². The number of carbonyl (C=O) groups is 4. The molecule has 0 radical (unpaired) electrons. The predicted octanol–water partition coefficient (Wildman–Crippen LogP) is 25.2. The van der Waals surface area contributed by atoms with E-state index in [1.54, 1.807) is 0 Å². The zero-order valence-corrected chi connectivity index (χ0v) is 68.5. The van der Waals surface area contributed by atoms with E-state index in [-0.39, 0.29) is 25.7 Å². The quantitative estimate of drug-likeness (QED) is 0.0222. The van der Waals surface area contributed by atoms with Crippen LogP contribution in [0.15, 0.2) is 0 Å². The van der Waals surface area contributed by atoms with Gasteiger partial charge in [0.1, 0.15) is 19.3 Å². The predicted molar refractivity (Wildman–Crippen MR) is 418 cm³/mol. The summed E-state index contributed by atoms with van der Waals surface area (Å²) in [6.45, 7) is 7.37. The van der Waals surface area contributed by atoms with Gasteiger partial charge in [-0.05, 0) is 31.6 Å². The summed E-state index contributed by atoms with van der Waals surface area (Å²) in [5.74, 6) is -1.30. The number of phosphoric ester groups is 2. The minimum Gasteiger partial charge on any atom is -0.462 e. The van der Waals surface area contributed by atoms with Gasteiger partial charge in [0.25, 0.3) is 0 Å². The Morgan fingerprint density at radius 1 is 0.275 bits per heavy atom. The third kappa shape index (κ3) is 74.9. The molecule has 0 aliphatic rings. The first-order valence-corrected chi connectivity index (χ1v) is 46.2. The van der Waals surface area contributed by atoms with Crippen LogP contribution in [0.5, 0.6) is 0 Å². The minimum atomic E-state index is -4.96. The number of ether oxygens (including phenoxy) is 4. The number of aliphatic hydroxyl groups is 1.